The van der Waals surface area contributed by atoms with Crippen molar-refractivity contribution in [1.29, 1.82) is 0 Å². The van der Waals surface area contributed by atoms with E-state index in [-0.39, 0.29) is 18.2 Å². The maximum atomic E-state index is 13.0. The monoisotopic (exact) mass is 393 g/mol. The SMILES string of the molecule is O=C(Cc1sc(NC2CCCCCC2)nc1O)N1CCOC12CCCCC2. The lowest BCUT2D eigenvalue weighted by Gasteiger charge is -2.40. The maximum absolute atomic E-state index is 13.0. The van der Waals surface area contributed by atoms with Gasteiger partial charge in [0.15, 0.2) is 5.13 Å². The molecule has 4 rings (SSSR count). The van der Waals surface area contributed by atoms with Crippen molar-refractivity contribution in [2.75, 3.05) is 18.5 Å². The summed E-state index contributed by atoms with van der Waals surface area (Å²) in [5.74, 6) is 0.0525. The van der Waals surface area contributed by atoms with Crippen LogP contribution in [-0.4, -0.2) is 45.8 Å². The molecule has 1 amide bonds. The van der Waals surface area contributed by atoms with Crippen molar-refractivity contribution in [3.8, 4) is 5.88 Å². The van der Waals surface area contributed by atoms with E-state index in [1.807, 2.05) is 4.90 Å². The second-order valence-electron chi connectivity index (χ2n) is 8.18. The van der Waals surface area contributed by atoms with Crippen LogP contribution in [0.5, 0.6) is 5.88 Å². The molecule has 1 spiro atoms. The van der Waals surface area contributed by atoms with Crippen LogP contribution in [0.4, 0.5) is 5.13 Å². The summed E-state index contributed by atoms with van der Waals surface area (Å²) in [5.41, 5.74) is -0.392. The number of hydrogen-bond acceptors (Lipinski definition) is 6. The minimum absolute atomic E-state index is 0.00211. The first-order chi connectivity index (χ1) is 13.2. The summed E-state index contributed by atoms with van der Waals surface area (Å²) in [6.07, 6.45) is 12.9. The zero-order chi connectivity index (χ0) is 18.7. The van der Waals surface area contributed by atoms with Gasteiger partial charge in [-0.2, -0.15) is 4.98 Å². The van der Waals surface area contributed by atoms with Crippen molar-refractivity contribution in [1.82, 2.24) is 9.88 Å². The normalized spacial score (nSPS) is 23.5. The van der Waals surface area contributed by atoms with Gasteiger partial charge < -0.3 is 20.1 Å². The van der Waals surface area contributed by atoms with Gasteiger partial charge in [-0.15, -0.1) is 0 Å². The van der Waals surface area contributed by atoms with Gasteiger partial charge >= 0.3 is 0 Å². The molecule has 0 radical (unpaired) electrons. The number of ether oxygens (including phenoxy) is 1. The summed E-state index contributed by atoms with van der Waals surface area (Å²) in [4.78, 5) is 19.8. The predicted octanol–water partition coefficient (Wildman–Crippen LogP) is 4.05. The molecular formula is C20H31N3O3S. The first-order valence-electron chi connectivity index (χ1n) is 10.6. The molecule has 2 aliphatic carbocycles. The molecule has 0 atom stereocenters. The first kappa shape index (κ1) is 19.0. The van der Waals surface area contributed by atoms with Crippen LogP contribution in [0.3, 0.4) is 0 Å². The van der Waals surface area contributed by atoms with E-state index in [0.717, 1.165) is 43.7 Å². The van der Waals surface area contributed by atoms with Crippen LogP contribution in [0.2, 0.25) is 0 Å². The van der Waals surface area contributed by atoms with E-state index < -0.39 is 5.72 Å². The third-order valence-corrected chi connectivity index (χ3v) is 7.26. The van der Waals surface area contributed by atoms with Crippen LogP contribution < -0.4 is 5.32 Å². The Hall–Kier alpha value is -1.34. The third-order valence-electron chi connectivity index (χ3n) is 6.28. The average molecular weight is 394 g/mol. The Morgan fingerprint density at radius 2 is 1.89 bits per heavy atom. The molecule has 1 aromatic rings. The molecule has 1 saturated heterocycles. The van der Waals surface area contributed by atoms with Crippen LogP contribution in [-0.2, 0) is 16.0 Å². The molecule has 27 heavy (non-hydrogen) atoms. The number of carbonyl (C=O) groups excluding carboxylic acids is 1. The molecule has 1 aliphatic heterocycles. The summed E-state index contributed by atoms with van der Waals surface area (Å²) in [6.45, 7) is 1.28. The lowest BCUT2D eigenvalue weighted by molar-refractivity contribution is -0.154. The average Bonchev–Trinajstić information content (AvgIpc) is 3.09. The summed E-state index contributed by atoms with van der Waals surface area (Å²) in [6, 6.07) is 0.430. The Labute approximate surface area is 165 Å². The molecule has 150 valence electrons. The fraction of sp³-hybridized carbons (Fsp3) is 0.800. The Kier molecular flexibility index (Phi) is 5.88. The summed E-state index contributed by atoms with van der Waals surface area (Å²) in [5, 5.41) is 14.5. The molecule has 7 heteroatoms. The molecule has 1 aromatic heterocycles. The van der Waals surface area contributed by atoms with E-state index in [1.54, 1.807) is 0 Å². The molecule has 0 unspecified atom stereocenters. The van der Waals surface area contributed by atoms with Gasteiger partial charge in [0.25, 0.3) is 0 Å². The number of nitrogens with one attached hydrogen (secondary N) is 1. The van der Waals surface area contributed by atoms with Crippen molar-refractivity contribution in [3.05, 3.63) is 4.88 Å². The fourth-order valence-electron chi connectivity index (χ4n) is 4.83. The highest BCUT2D eigenvalue weighted by Gasteiger charge is 2.45. The van der Waals surface area contributed by atoms with Gasteiger partial charge in [-0.3, -0.25) is 4.79 Å². The molecule has 2 N–H and O–H groups in total. The van der Waals surface area contributed by atoms with Crippen LogP contribution in [0.25, 0.3) is 0 Å². The van der Waals surface area contributed by atoms with E-state index in [9.17, 15) is 9.90 Å². The van der Waals surface area contributed by atoms with E-state index in [2.05, 4.69) is 10.3 Å². The minimum atomic E-state index is -0.392. The lowest BCUT2D eigenvalue weighted by Crippen LogP contribution is -2.49. The van der Waals surface area contributed by atoms with Crippen molar-refractivity contribution in [3.63, 3.8) is 0 Å². The first-order valence-corrected chi connectivity index (χ1v) is 11.4. The van der Waals surface area contributed by atoms with Gasteiger partial charge in [-0.1, -0.05) is 43.4 Å². The smallest absolute Gasteiger partial charge is 0.230 e. The van der Waals surface area contributed by atoms with Crippen LogP contribution in [0, 0.1) is 0 Å². The fourth-order valence-corrected chi connectivity index (χ4v) is 5.75. The quantitative estimate of drug-likeness (QED) is 0.755. The van der Waals surface area contributed by atoms with Gasteiger partial charge in [0, 0.05) is 12.6 Å². The number of rotatable bonds is 4. The molecule has 6 nitrogen and oxygen atoms in total. The largest absolute Gasteiger partial charge is 0.492 e. The Balaban J connectivity index is 1.40. The van der Waals surface area contributed by atoms with E-state index >= 15 is 0 Å². The number of aromatic hydroxyl groups is 1. The second kappa shape index (κ2) is 8.35. The molecule has 0 aromatic carbocycles. The lowest BCUT2D eigenvalue weighted by atomic mass is 9.90. The summed E-state index contributed by atoms with van der Waals surface area (Å²) >= 11 is 1.42. The standard InChI is InChI=1S/C20H31N3O3S/c24-17(23-12-13-26-20(23)10-6-3-7-11-20)14-16-18(25)22-19(27-16)21-15-8-4-1-2-5-9-15/h15,25H,1-14H2,(H,21,22). The van der Waals surface area contributed by atoms with Gasteiger partial charge in [-0.25, -0.2) is 0 Å². The summed E-state index contributed by atoms with van der Waals surface area (Å²) in [7, 11) is 0. The molecule has 3 fully saturated rings. The molecule has 2 saturated carbocycles. The number of aromatic nitrogens is 1. The number of amides is 1. The van der Waals surface area contributed by atoms with E-state index in [0.29, 0.717) is 24.1 Å². The Morgan fingerprint density at radius 1 is 1.19 bits per heavy atom. The van der Waals surface area contributed by atoms with Crippen molar-refractivity contribution < 1.29 is 14.6 Å². The predicted molar refractivity (Wildman–Crippen MR) is 106 cm³/mol. The van der Waals surface area contributed by atoms with Crippen LogP contribution >= 0.6 is 11.3 Å². The van der Waals surface area contributed by atoms with E-state index in [4.69, 9.17) is 4.74 Å². The number of thiazole rings is 1. The van der Waals surface area contributed by atoms with Crippen molar-refractivity contribution >= 4 is 22.4 Å². The Bertz CT molecular complexity index is 649. The zero-order valence-electron chi connectivity index (χ0n) is 16.0. The minimum Gasteiger partial charge on any atom is -0.492 e. The van der Waals surface area contributed by atoms with Crippen molar-refractivity contribution in [2.24, 2.45) is 0 Å². The van der Waals surface area contributed by atoms with E-state index in [1.165, 1.54) is 43.4 Å². The van der Waals surface area contributed by atoms with Crippen LogP contribution in [0.1, 0.15) is 75.5 Å². The zero-order valence-corrected chi connectivity index (χ0v) is 16.9. The molecule has 3 aliphatic rings. The number of nitrogens with zero attached hydrogens (tertiary/aromatic N) is 2. The van der Waals surface area contributed by atoms with Gasteiger partial charge in [0.05, 0.1) is 17.9 Å². The number of hydrogen-bond donors (Lipinski definition) is 2. The van der Waals surface area contributed by atoms with Gasteiger partial charge in [0.1, 0.15) is 5.72 Å². The highest BCUT2D eigenvalue weighted by molar-refractivity contribution is 7.16. The maximum Gasteiger partial charge on any atom is 0.230 e. The Morgan fingerprint density at radius 3 is 2.63 bits per heavy atom. The number of carbonyl (C=O) groups is 1. The summed E-state index contributed by atoms with van der Waals surface area (Å²) < 4.78 is 6.02. The number of anilines is 1. The highest BCUT2D eigenvalue weighted by atomic mass is 32.1. The second-order valence-corrected chi connectivity index (χ2v) is 9.26. The van der Waals surface area contributed by atoms with Crippen LogP contribution in [0.15, 0.2) is 0 Å². The third kappa shape index (κ3) is 4.24. The van der Waals surface area contributed by atoms with Crippen molar-refractivity contribution in [2.45, 2.75) is 88.8 Å². The van der Waals surface area contributed by atoms with Gasteiger partial charge in [-0.05, 0) is 38.5 Å². The molecule has 0 bridgehead atoms. The molecule has 2 heterocycles. The topological polar surface area (TPSA) is 74.7 Å². The van der Waals surface area contributed by atoms with Gasteiger partial charge in [0.2, 0.25) is 11.8 Å². The highest BCUT2D eigenvalue weighted by Crippen LogP contribution is 2.39. The molecular weight excluding hydrogens is 362 g/mol.